The van der Waals surface area contributed by atoms with Gasteiger partial charge >= 0.3 is 17.9 Å². The molecule has 0 saturated carbocycles. The van der Waals surface area contributed by atoms with Crippen LogP contribution in [-0.2, 0) is 35.7 Å². The molecule has 11 nitrogen and oxygen atoms in total. The summed E-state index contributed by atoms with van der Waals surface area (Å²) in [6.45, 7) is 2.01. The van der Waals surface area contributed by atoms with E-state index in [0.717, 1.165) is 24.1 Å². The van der Waals surface area contributed by atoms with Gasteiger partial charge in [-0.25, -0.2) is 9.59 Å². The number of hydrogen-bond donors (Lipinski definition) is 4. The molecule has 194 valence electrons. The van der Waals surface area contributed by atoms with Crippen molar-refractivity contribution in [3.63, 3.8) is 0 Å². The molecule has 36 heavy (non-hydrogen) atoms. The predicted molar refractivity (Wildman–Crippen MR) is 121 cm³/mol. The zero-order valence-corrected chi connectivity index (χ0v) is 20.0. The fraction of sp³-hybridized carbons (Fsp3) is 0.560. The van der Waals surface area contributed by atoms with Crippen molar-refractivity contribution < 1.29 is 49.0 Å². The summed E-state index contributed by atoms with van der Waals surface area (Å²) in [6, 6.07) is 3.21. The molecule has 1 aromatic carbocycles. The first-order valence-electron chi connectivity index (χ1n) is 12.0. The van der Waals surface area contributed by atoms with Gasteiger partial charge in [-0.05, 0) is 57.5 Å². The van der Waals surface area contributed by atoms with E-state index in [1.807, 2.05) is 13.1 Å². The maximum absolute atomic E-state index is 12.8. The number of ether oxygens (including phenoxy) is 3. The molecule has 4 aliphatic rings. The number of carboxylic acid groups (broad SMARTS) is 1. The van der Waals surface area contributed by atoms with Gasteiger partial charge in [0, 0.05) is 18.0 Å². The SMILES string of the molecule is C[C@H](OC(=O)[C@@H](O)CC(=O)O)C(=O)OC1=CC[C@@]2(O)[C@H]3Cc4ccc(O)c5c4[C@@]2(CCCN3C)[C@H]1O5. The van der Waals surface area contributed by atoms with E-state index in [2.05, 4.69) is 4.90 Å². The largest absolute Gasteiger partial charge is 0.504 e. The highest BCUT2D eigenvalue weighted by molar-refractivity contribution is 5.84. The number of phenols is 1. The van der Waals surface area contributed by atoms with Crippen molar-refractivity contribution >= 4 is 17.9 Å². The van der Waals surface area contributed by atoms with Gasteiger partial charge in [0.2, 0.25) is 0 Å². The van der Waals surface area contributed by atoms with Crippen molar-refractivity contribution in [1.29, 1.82) is 0 Å². The summed E-state index contributed by atoms with van der Waals surface area (Å²) in [4.78, 5) is 37.6. The van der Waals surface area contributed by atoms with Gasteiger partial charge in [0.25, 0.3) is 0 Å². The quantitative estimate of drug-likeness (QED) is 0.397. The minimum atomic E-state index is -1.92. The number of hydrogen-bond acceptors (Lipinski definition) is 10. The molecule has 0 aromatic heterocycles. The van der Waals surface area contributed by atoms with Gasteiger partial charge < -0.3 is 39.5 Å². The summed E-state index contributed by atoms with van der Waals surface area (Å²) >= 11 is 0. The monoisotopic (exact) mass is 503 g/mol. The number of nitrogens with zero attached hydrogens (tertiary/aromatic N) is 1. The molecule has 2 heterocycles. The third-order valence-corrected chi connectivity index (χ3v) is 8.06. The molecular weight excluding hydrogens is 474 g/mol. The first-order valence-corrected chi connectivity index (χ1v) is 12.0. The highest BCUT2D eigenvalue weighted by atomic mass is 16.6. The molecule has 0 radical (unpaired) electrons. The zero-order valence-electron chi connectivity index (χ0n) is 20.0. The second kappa shape index (κ2) is 8.46. The average Bonchev–Trinajstić information content (AvgIpc) is 3.15. The number of likely N-dealkylation sites (tertiary alicyclic amines) is 1. The van der Waals surface area contributed by atoms with Crippen molar-refractivity contribution in [1.82, 2.24) is 4.90 Å². The molecular formula is C25H29NO10. The molecule has 1 saturated heterocycles. The number of rotatable bonds is 6. The predicted octanol–water partition coefficient (Wildman–Crippen LogP) is 0.371. The van der Waals surface area contributed by atoms with E-state index in [9.17, 15) is 29.7 Å². The number of aliphatic hydroxyl groups is 2. The Morgan fingerprint density at radius 1 is 1.28 bits per heavy atom. The smallest absolute Gasteiger partial charge is 0.352 e. The Hall–Kier alpha value is -3.15. The van der Waals surface area contributed by atoms with E-state index in [1.165, 1.54) is 6.92 Å². The van der Waals surface area contributed by atoms with Crippen molar-refractivity contribution in [3.8, 4) is 11.5 Å². The van der Waals surface area contributed by atoms with Crippen LogP contribution in [0.5, 0.6) is 11.5 Å². The van der Waals surface area contributed by atoms with E-state index < -0.39 is 53.7 Å². The summed E-state index contributed by atoms with van der Waals surface area (Å²) in [6.07, 6.45) is -1.44. The van der Waals surface area contributed by atoms with Crippen molar-refractivity contribution in [3.05, 3.63) is 35.1 Å². The second-order valence-electron chi connectivity index (χ2n) is 10.1. The van der Waals surface area contributed by atoms with Crippen LogP contribution in [0.4, 0.5) is 0 Å². The lowest BCUT2D eigenvalue weighted by molar-refractivity contribution is -0.173. The molecule has 0 amide bonds. The lowest BCUT2D eigenvalue weighted by atomic mass is 9.52. The van der Waals surface area contributed by atoms with Crippen LogP contribution in [0.1, 0.15) is 43.7 Å². The number of aromatic hydroxyl groups is 1. The highest BCUT2D eigenvalue weighted by Crippen LogP contribution is 2.64. The summed E-state index contributed by atoms with van der Waals surface area (Å²) in [7, 11) is 1.98. The molecule has 2 aliphatic carbocycles. The van der Waals surface area contributed by atoms with Crippen molar-refractivity contribution in [2.75, 3.05) is 13.6 Å². The van der Waals surface area contributed by atoms with Crippen LogP contribution in [0.25, 0.3) is 0 Å². The number of likely N-dealkylation sites (N-methyl/N-ethyl adjacent to an activating group) is 1. The van der Waals surface area contributed by atoms with E-state index in [-0.39, 0.29) is 29.7 Å². The highest BCUT2D eigenvalue weighted by Gasteiger charge is 2.71. The summed E-state index contributed by atoms with van der Waals surface area (Å²) in [5.41, 5.74) is -0.467. The third-order valence-electron chi connectivity index (χ3n) is 8.06. The van der Waals surface area contributed by atoms with Crippen LogP contribution in [-0.4, -0.2) is 86.8 Å². The summed E-state index contributed by atoms with van der Waals surface area (Å²) in [5.74, 6) is -3.23. The normalized spacial score (nSPS) is 31.7. The van der Waals surface area contributed by atoms with Crippen molar-refractivity contribution in [2.24, 2.45) is 0 Å². The van der Waals surface area contributed by atoms with Gasteiger partial charge in [-0.3, -0.25) is 4.79 Å². The molecule has 4 N–H and O–H groups in total. The number of aliphatic carboxylic acids is 1. The van der Waals surface area contributed by atoms with Gasteiger partial charge in [-0.1, -0.05) is 6.07 Å². The van der Waals surface area contributed by atoms with E-state index >= 15 is 0 Å². The standard InChI is InChI=1S/C25H29NO10/c1-12(34-23(32)15(28)11-18(29)30)22(31)35-16-6-8-25(33)17-10-13-4-5-14(27)20-19(13)24(25,21(16)36-20)7-3-9-26(17)2/h4-6,12,15,17,21,27-28,33H,3,7-11H2,1-2H3,(H,29,30)/t12-,15-,17+,21-,24-,25+/m0/s1. The van der Waals surface area contributed by atoms with Crippen LogP contribution < -0.4 is 4.74 Å². The Labute approximate surface area is 206 Å². The molecule has 5 rings (SSSR count). The second-order valence-corrected chi connectivity index (χ2v) is 10.1. The van der Waals surface area contributed by atoms with Gasteiger partial charge in [-0.2, -0.15) is 0 Å². The number of benzene rings is 1. The zero-order chi connectivity index (χ0) is 26.0. The maximum Gasteiger partial charge on any atom is 0.352 e. The number of carbonyl (C=O) groups is 3. The summed E-state index contributed by atoms with van der Waals surface area (Å²) < 4.78 is 16.8. The molecule has 0 unspecified atom stereocenters. The molecule has 11 heteroatoms. The molecule has 1 aromatic rings. The lowest BCUT2D eigenvalue weighted by Gasteiger charge is -2.56. The van der Waals surface area contributed by atoms with Crippen LogP contribution in [0.3, 0.4) is 0 Å². The minimum absolute atomic E-state index is 0.0590. The number of carboxylic acids is 1. The van der Waals surface area contributed by atoms with Crippen LogP contribution >= 0.6 is 0 Å². The van der Waals surface area contributed by atoms with Gasteiger partial charge in [-0.15, -0.1) is 0 Å². The van der Waals surface area contributed by atoms with Gasteiger partial charge in [0.1, 0.15) is 5.76 Å². The Kier molecular flexibility index (Phi) is 5.77. The Morgan fingerprint density at radius 3 is 2.75 bits per heavy atom. The van der Waals surface area contributed by atoms with E-state index in [1.54, 1.807) is 12.1 Å². The van der Waals surface area contributed by atoms with Gasteiger partial charge in [0.15, 0.2) is 29.8 Å². The third kappa shape index (κ3) is 3.40. The van der Waals surface area contributed by atoms with Crippen LogP contribution in [0, 0.1) is 0 Å². The lowest BCUT2D eigenvalue weighted by Crippen LogP contribution is -2.69. The number of esters is 2. The molecule has 1 spiro atoms. The molecule has 2 aliphatic heterocycles. The van der Waals surface area contributed by atoms with Crippen LogP contribution in [0.2, 0.25) is 0 Å². The first kappa shape index (κ1) is 24.5. The van der Waals surface area contributed by atoms with E-state index in [0.29, 0.717) is 12.8 Å². The molecule has 1 fully saturated rings. The molecule has 6 atom stereocenters. The fourth-order valence-corrected chi connectivity index (χ4v) is 6.44. The van der Waals surface area contributed by atoms with E-state index in [4.69, 9.17) is 19.3 Å². The minimum Gasteiger partial charge on any atom is -0.504 e. The Morgan fingerprint density at radius 2 is 2.03 bits per heavy atom. The Bertz CT molecular complexity index is 1160. The topological polar surface area (TPSA) is 163 Å². The van der Waals surface area contributed by atoms with Gasteiger partial charge in [0.05, 0.1) is 17.4 Å². The summed E-state index contributed by atoms with van der Waals surface area (Å²) in [5, 5.41) is 41.2. The van der Waals surface area contributed by atoms with Crippen LogP contribution in [0.15, 0.2) is 24.0 Å². The number of carbonyl (C=O) groups excluding carboxylic acids is 2. The molecule has 2 bridgehead atoms. The number of phenolic OH excluding ortho intramolecular Hbond substituents is 1. The first-order chi connectivity index (χ1) is 17.0. The van der Waals surface area contributed by atoms with Crippen molar-refractivity contribution in [2.45, 2.75) is 74.4 Å². The maximum atomic E-state index is 12.8. The average molecular weight is 504 g/mol. The Balaban J connectivity index is 1.46. The number of aliphatic hydroxyl groups excluding tert-OH is 1. The fourth-order valence-electron chi connectivity index (χ4n) is 6.44.